The number of primary amides is 1. The number of carbonyl (C=O) groups excluding carboxylic acids is 1. The van der Waals surface area contributed by atoms with Gasteiger partial charge >= 0.3 is 0 Å². The van der Waals surface area contributed by atoms with Gasteiger partial charge in [-0.3, -0.25) is 4.79 Å². The standard InChI is InChI=1S/C12H18N2O4S/c1-12(2,3)9-6-8(19(14,16)17)4-5-10(9)18-7-11(13)15/h4-6H,7H2,1-3H3,(H2,13,15)(H2,14,16,17). The van der Waals surface area contributed by atoms with Crippen molar-refractivity contribution in [3.05, 3.63) is 23.8 Å². The van der Waals surface area contributed by atoms with Crippen LogP contribution in [0, 0.1) is 0 Å². The average Bonchev–Trinajstić information content (AvgIpc) is 2.23. The van der Waals surface area contributed by atoms with E-state index in [0.29, 0.717) is 11.3 Å². The molecule has 0 spiro atoms. The Kier molecular flexibility index (Phi) is 4.21. The molecule has 1 aromatic rings. The summed E-state index contributed by atoms with van der Waals surface area (Å²) in [6.45, 7) is 5.42. The Balaban J connectivity index is 3.29. The van der Waals surface area contributed by atoms with Gasteiger partial charge in [-0.2, -0.15) is 0 Å². The molecule has 0 radical (unpaired) electrons. The molecule has 0 bridgehead atoms. The summed E-state index contributed by atoms with van der Waals surface area (Å²) in [5, 5.41) is 5.10. The number of primary sulfonamides is 1. The van der Waals surface area contributed by atoms with Gasteiger partial charge in [0.25, 0.3) is 5.91 Å². The lowest BCUT2D eigenvalue weighted by Crippen LogP contribution is -2.22. The Bertz CT molecular complexity index is 588. The summed E-state index contributed by atoms with van der Waals surface area (Å²) >= 11 is 0. The van der Waals surface area contributed by atoms with Crippen LogP contribution < -0.4 is 15.6 Å². The van der Waals surface area contributed by atoms with Crippen LogP contribution in [0.25, 0.3) is 0 Å². The van der Waals surface area contributed by atoms with Crippen LogP contribution in [0.3, 0.4) is 0 Å². The van der Waals surface area contributed by atoms with Crippen molar-refractivity contribution >= 4 is 15.9 Å². The Hall–Kier alpha value is -1.60. The van der Waals surface area contributed by atoms with Crippen LogP contribution in [0.4, 0.5) is 0 Å². The fourth-order valence-corrected chi connectivity index (χ4v) is 2.09. The highest BCUT2D eigenvalue weighted by molar-refractivity contribution is 7.89. The first-order valence-corrected chi connectivity index (χ1v) is 7.15. The quantitative estimate of drug-likeness (QED) is 0.838. The number of ether oxygens (including phenoxy) is 1. The van der Waals surface area contributed by atoms with Gasteiger partial charge in [0.1, 0.15) is 5.75 Å². The highest BCUT2D eigenvalue weighted by Gasteiger charge is 2.22. The van der Waals surface area contributed by atoms with Crippen molar-refractivity contribution in [2.75, 3.05) is 6.61 Å². The molecule has 0 saturated heterocycles. The summed E-state index contributed by atoms with van der Waals surface area (Å²) in [5.74, 6) is -0.186. The second kappa shape index (κ2) is 5.18. The van der Waals surface area contributed by atoms with E-state index in [1.165, 1.54) is 18.2 Å². The zero-order valence-electron chi connectivity index (χ0n) is 11.1. The van der Waals surface area contributed by atoms with Crippen LogP contribution in [0.15, 0.2) is 23.1 Å². The largest absolute Gasteiger partial charge is 0.483 e. The minimum absolute atomic E-state index is 0.00356. The molecule has 1 amide bonds. The number of nitrogens with two attached hydrogens (primary N) is 2. The van der Waals surface area contributed by atoms with Crippen molar-refractivity contribution in [3.63, 3.8) is 0 Å². The molecule has 0 aromatic heterocycles. The summed E-state index contributed by atoms with van der Waals surface area (Å²) in [5.41, 5.74) is 5.29. The minimum atomic E-state index is -3.78. The van der Waals surface area contributed by atoms with E-state index in [2.05, 4.69) is 0 Å². The molecule has 0 aliphatic rings. The van der Waals surface area contributed by atoms with Crippen molar-refractivity contribution in [1.82, 2.24) is 0 Å². The van der Waals surface area contributed by atoms with E-state index in [1.54, 1.807) is 0 Å². The van der Waals surface area contributed by atoms with E-state index >= 15 is 0 Å². The van der Waals surface area contributed by atoms with Crippen molar-refractivity contribution in [3.8, 4) is 5.75 Å². The van der Waals surface area contributed by atoms with Crippen LogP contribution in [0.5, 0.6) is 5.75 Å². The number of benzene rings is 1. The highest BCUT2D eigenvalue weighted by Crippen LogP contribution is 2.33. The van der Waals surface area contributed by atoms with Crippen molar-refractivity contribution in [1.29, 1.82) is 0 Å². The summed E-state index contributed by atoms with van der Waals surface area (Å²) < 4.78 is 28.0. The van der Waals surface area contributed by atoms with E-state index in [0.717, 1.165) is 0 Å². The van der Waals surface area contributed by atoms with E-state index in [9.17, 15) is 13.2 Å². The van der Waals surface area contributed by atoms with Gasteiger partial charge in [0.15, 0.2) is 6.61 Å². The molecule has 0 unspecified atom stereocenters. The van der Waals surface area contributed by atoms with Crippen LogP contribution in [0.1, 0.15) is 26.3 Å². The van der Waals surface area contributed by atoms with Crippen molar-refractivity contribution < 1.29 is 17.9 Å². The van der Waals surface area contributed by atoms with Gasteiger partial charge in [-0.1, -0.05) is 20.8 Å². The molecule has 1 rings (SSSR count). The Morgan fingerprint density at radius 3 is 2.32 bits per heavy atom. The van der Waals surface area contributed by atoms with Gasteiger partial charge in [-0.25, -0.2) is 13.6 Å². The zero-order chi connectivity index (χ0) is 14.8. The lowest BCUT2D eigenvalue weighted by molar-refractivity contribution is -0.119. The molecule has 0 fully saturated rings. The van der Waals surface area contributed by atoms with Crippen molar-refractivity contribution in [2.24, 2.45) is 10.9 Å². The van der Waals surface area contributed by atoms with Crippen LogP contribution >= 0.6 is 0 Å². The van der Waals surface area contributed by atoms with Gasteiger partial charge in [0, 0.05) is 5.56 Å². The molecule has 6 nitrogen and oxygen atoms in total. The molecular formula is C12H18N2O4S. The summed E-state index contributed by atoms with van der Waals surface area (Å²) in [4.78, 5) is 10.7. The minimum Gasteiger partial charge on any atom is -0.483 e. The summed E-state index contributed by atoms with van der Waals surface area (Å²) in [7, 11) is -3.78. The van der Waals surface area contributed by atoms with Gasteiger partial charge in [-0.15, -0.1) is 0 Å². The second-order valence-corrected chi connectivity index (χ2v) is 6.77. The number of hydrogen-bond acceptors (Lipinski definition) is 4. The monoisotopic (exact) mass is 286 g/mol. The third kappa shape index (κ3) is 4.22. The lowest BCUT2D eigenvalue weighted by atomic mass is 9.86. The molecule has 0 heterocycles. The van der Waals surface area contributed by atoms with Gasteiger partial charge in [0.2, 0.25) is 10.0 Å². The normalized spacial score (nSPS) is 12.2. The average molecular weight is 286 g/mol. The summed E-state index contributed by atoms with van der Waals surface area (Å²) in [6.07, 6.45) is 0. The molecule has 19 heavy (non-hydrogen) atoms. The van der Waals surface area contributed by atoms with Crippen LogP contribution in [-0.4, -0.2) is 20.9 Å². The Morgan fingerprint density at radius 1 is 1.32 bits per heavy atom. The molecular weight excluding hydrogens is 268 g/mol. The maximum atomic E-state index is 11.4. The predicted molar refractivity (Wildman–Crippen MR) is 71.2 cm³/mol. The molecule has 0 atom stereocenters. The van der Waals surface area contributed by atoms with E-state index < -0.39 is 15.9 Å². The maximum absolute atomic E-state index is 11.4. The second-order valence-electron chi connectivity index (χ2n) is 5.21. The number of amides is 1. The van der Waals surface area contributed by atoms with Crippen LogP contribution in [0.2, 0.25) is 0 Å². The molecule has 106 valence electrons. The highest BCUT2D eigenvalue weighted by atomic mass is 32.2. The predicted octanol–water partition coefficient (Wildman–Crippen LogP) is 0.496. The third-order valence-corrected chi connectivity index (χ3v) is 3.37. The first-order valence-electron chi connectivity index (χ1n) is 5.60. The molecule has 0 aliphatic heterocycles. The maximum Gasteiger partial charge on any atom is 0.255 e. The number of hydrogen-bond donors (Lipinski definition) is 2. The van der Waals surface area contributed by atoms with E-state index in [-0.39, 0.29) is 16.9 Å². The lowest BCUT2D eigenvalue weighted by Gasteiger charge is -2.23. The van der Waals surface area contributed by atoms with Crippen LogP contribution in [-0.2, 0) is 20.2 Å². The fraction of sp³-hybridized carbons (Fsp3) is 0.417. The van der Waals surface area contributed by atoms with Crippen molar-refractivity contribution in [2.45, 2.75) is 31.1 Å². The fourth-order valence-electron chi connectivity index (χ4n) is 1.55. The van der Waals surface area contributed by atoms with Gasteiger partial charge in [0.05, 0.1) is 4.90 Å². The first kappa shape index (κ1) is 15.5. The number of carbonyl (C=O) groups is 1. The zero-order valence-corrected chi connectivity index (χ0v) is 12.0. The molecule has 4 N–H and O–H groups in total. The molecule has 7 heteroatoms. The molecule has 0 saturated carbocycles. The topological polar surface area (TPSA) is 112 Å². The van der Waals surface area contributed by atoms with E-state index in [1.807, 2.05) is 20.8 Å². The molecule has 1 aromatic carbocycles. The first-order chi connectivity index (χ1) is 8.51. The SMILES string of the molecule is CC(C)(C)c1cc(S(N)(=O)=O)ccc1OCC(N)=O. The smallest absolute Gasteiger partial charge is 0.255 e. The number of sulfonamides is 1. The van der Waals surface area contributed by atoms with E-state index in [4.69, 9.17) is 15.6 Å². The molecule has 0 aliphatic carbocycles. The summed E-state index contributed by atoms with van der Waals surface area (Å²) in [6, 6.07) is 4.26. The Labute approximate surface area is 112 Å². The third-order valence-electron chi connectivity index (χ3n) is 2.46. The number of rotatable bonds is 4. The Morgan fingerprint density at radius 2 is 1.89 bits per heavy atom. The van der Waals surface area contributed by atoms with Gasteiger partial charge in [-0.05, 0) is 23.6 Å². The van der Waals surface area contributed by atoms with Gasteiger partial charge < -0.3 is 10.5 Å².